The number of nitrogens with one attached hydrogen (secondary N) is 1. The summed E-state index contributed by atoms with van der Waals surface area (Å²) in [6.45, 7) is 0.360. The first-order valence-corrected chi connectivity index (χ1v) is 8.59. The molecule has 0 saturated carbocycles. The Labute approximate surface area is 129 Å². The Morgan fingerprint density at radius 2 is 1.91 bits per heavy atom. The van der Waals surface area contributed by atoms with Gasteiger partial charge in [-0.3, -0.25) is 4.79 Å². The summed E-state index contributed by atoms with van der Waals surface area (Å²) >= 11 is 0. The van der Waals surface area contributed by atoms with Gasteiger partial charge in [-0.2, -0.15) is 0 Å². The Bertz CT molecular complexity index is 685. The lowest BCUT2D eigenvalue weighted by molar-refractivity contribution is -0.141. The molecule has 1 aromatic carbocycles. The Hall–Kier alpha value is -1.80. The number of ether oxygens (including phenoxy) is 2. The summed E-state index contributed by atoms with van der Waals surface area (Å²) in [5.41, 5.74) is 0.690. The largest absolute Gasteiger partial charge is 0.496 e. The number of methoxy groups -OCH3 is 2. The number of carbonyl (C=O) groups is 1. The molecule has 22 heavy (non-hydrogen) atoms. The zero-order valence-electron chi connectivity index (χ0n) is 12.6. The second kappa shape index (κ2) is 6.13. The molecule has 2 rings (SSSR count). The Morgan fingerprint density at radius 3 is 2.36 bits per heavy atom. The number of aliphatic carboxylic acids is 1. The van der Waals surface area contributed by atoms with Crippen molar-refractivity contribution < 1.29 is 27.8 Å². The van der Waals surface area contributed by atoms with Crippen molar-refractivity contribution in [3.05, 3.63) is 17.7 Å². The van der Waals surface area contributed by atoms with Crippen molar-refractivity contribution in [2.75, 3.05) is 27.0 Å². The van der Waals surface area contributed by atoms with Gasteiger partial charge >= 0.3 is 5.97 Å². The monoisotopic (exact) mass is 329 g/mol. The van der Waals surface area contributed by atoms with E-state index in [0.717, 1.165) is 6.26 Å². The Kier molecular flexibility index (Phi) is 4.62. The first-order chi connectivity index (χ1) is 10.3. The maximum absolute atomic E-state index is 11.8. The first kappa shape index (κ1) is 16.6. The van der Waals surface area contributed by atoms with E-state index >= 15 is 0 Å². The van der Waals surface area contributed by atoms with Crippen LogP contribution in [0.25, 0.3) is 0 Å². The molecule has 0 radical (unpaired) electrons. The van der Waals surface area contributed by atoms with E-state index < -0.39 is 21.7 Å². The molecule has 0 aliphatic carbocycles. The van der Waals surface area contributed by atoms with Crippen molar-refractivity contribution in [3.8, 4) is 11.5 Å². The molecule has 2 N–H and O–H groups in total. The highest BCUT2D eigenvalue weighted by Gasteiger charge is 2.33. The molecule has 2 unspecified atom stereocenters. The summed E-state index contributed by atoms with van der Waals surface area (Å²) in [4.78, 5) is 11.1. The average molecular weight is 329 g/mol. The van der Waals surface area contributed by atoms with Crippen LogP contribution >= 0.6 is 0 Å². The third kappa shape index (κ3) is 3.17. The van der Waals surface area contributed by atoms with Crippen LogP contribution in [0, 0.1) is 5.92 Å². The minimum atomic E-state index is -3.46. The molecule has 1 aromatic rings. The molecule has 7 nitrogen and oxygen atoms in total. The van der Waals surface area contributed by atoms with Gasteiger partial charge in [0, 0.05) is 30.5 Å². The predicted octanol–water partition coefficient (Wildman–Crippen LogP) is 0.843. The molecule has 2 atom stereocenters. The summed E-state index contributed by atoms with van der Waals surface area (Å²) in [6.07, 6.45) is 1.51. The van der Waals surface area contributed by atoms with Crippen LogP contribution in [0.5, 0.6) is 11.5 Å². The van der Waals surface area contributed by atoms with E-state index in [0.29, 0.717) is 24.3 Å². The van der Waals surface area contributed by atoms with E-state index in [9.17, 15) is 13.2 Å². The Balaban J connectivity index is 2.47. The van der Waals surface area contributed by atoms with Crippen LogP contribution in [0.3, 0.4) is 0 Å². The van der Waals surface area contributed by atoms with Gasteiger partial charge in [0.05, 0.1) is 20.1 Å². The van der Waals surface area contributed by atoms with Crippen LogP contribution in [0.2, 0.25) is 0 Å². The van der Waals surface area contributed by atoms with Crippen molar-refractivity contribution in [1.82, 2.24) is 5.32 Å². The number of hydrogen-bond acceptors (Lipinski definition) is 6. The standard InChI is InChI=1S/C14H19NO6S/c1-20-11-6-13(22(3,18)19)12(21-2)5-9(11)10-4-8(7-15-10)14(16)17/h5-6,8,10,15H,4,7H2,1-3H3,(H,16,17). The van der Waals surface area contributed by atoms with Crippen molar-refractivity contribution in [2.24, 2.45) is 5.92 Å². The normalized spacial score (nSPS) is 21.6. The van der Waals surface area contributed by atoms with Crippen molar-refractivity contribution in [1.29, 1.82) is 0 Å². The maximum atomic E-state index is 11.8. The van der Waals surface area contributed by atoms with Gasteiger partial charge in [-0.05, 0) is 12.5 Å². The summed E-state index contributed by atoms with van der Waals surface area (Å²) in [5.74, 6) is -0.715. The van der Waals surface area contributed by atoms with Gasteiger partial charge in [-0.25, -0.2) is 8.42 Å². The number of sulfone groups is 1. The molecule has 0 aromatic heterocycles. The lowest BCUT2D eigenvalue weighted by Gasteiger charge is -2.18. The van der Waals surface area contributed by atoms with Gasteiger partial charge in [0.15, 0.2) is 9.84 Å². The number of carboxylic acids is 1. The first-order valence-electron chi connectivity index (χ1n) is 6.70. The smallest absolute Gasteiger partial charge is 0.307 e. The van der Waals surface area contributed by atoms with Crippen molar-refractivity contribution >= 4 is 15.8 Å². The lowest BCUT2D eigenvalue weighted by atomic mass is 9.99. The average Bonchev–Trinajstić information content (AvgIpc) is 2.94. The number of hydrogen-bond donors (Lipinski definition) is 2. The summed E-state index contributed by atoms with van der Waals surface area (Å²) in [6, 6.07) is 2.79. The van der Waals surface area contributed by atoms with Gasteiger partial charge in [0.25, 0.3) is 0 Å². The molecule has 1 fully saturated rings. The summed E-state index contributed by atoms with van der Waals surface area (Å²) < 4.78 is 34.1. The topological polar surface area (TPSA) is 102 Å². The number of rotatable bonds is 5. The highest BCUT2D eigenvalue weighted by Crippen LogP contribution is 2.39. The van der Waals surface area contributed by atoms with E-state index in [4.69, 9.17) is 14.6 Å². The molecule has 1 aliphatic heterocycles. The molecular formula is C14H19NO6S. The highest BCUT2D eigenvalue weighted by atomic mass is 32.2. The molecule has 1 saturated heterocycles. The maximum Gasteiger partial charge on any atom is 0.307 e. The molecule has 122 valence electrons. The molecular weight excluding hydrogens is 310 g/mol. The van der Waals surface area contributed by atoms with Gasteiger partial charge in [-0.15, -0.1) is 0 Å². The van der Waals surface area contributed by atoms with E-state index in [1.807, 2.05) is 0 Å². The highest BCUT2D eigenvalue weighted by molar-refractivity contribution is 7.90. The van der Waals surface area contributed by atoms with Gasteiger partial charge in [-0.1, -0.05) is 0 Å². The van der Waals surface area contributed by atoms with Crippen LogP contribution in [-0.2, 0) is 14.6 Å². The van der Waals surface area contributed by atoms with E-state index in [1.165, 1.54) is 20.3 Å². The third-order valence-electron chi connectivity index (χ3n) is 3.77. The van der Waals surface area contributed by atoms with Crippen molar-refractivity contribution in [2.45, 2.75) is 17.4 Å². The predicted molar refractivity (Wildman–Crippen MR) is 79.1 cm³/mol. The van der Waals surface area contributed by atoms with Gasteiger partial charge in [0.2, 0.25) is 0 Å². The van der Waals surface area contributed by atoms with Crippen molar-refractivity contribution in [3.63, 3.8) is 0 Å². The van der Waals surface area contributed by atoms with Gasteiger partial charge in [0.1, 0.15) is 16.4 Å². The SMILES string of the molecule is COc1cc(S(C)(=O)=O)c(OC)cc1C1CC(C(=O)O)CN1. The summed E-state index contributed by atoms with van der Waals surface area (Å²) in [5, 5.41) is 12.2. The fraction of sp³-hybridized carbons (Fsp3) is 0.500. The van der Waals surface area contributed by atoms with Crippen LogP contribution < -0.4 is 14.8 Å². The van der Waals surface area contributed by atoms with Crippen LogP contribution in [0.15, 0.2) is 17.0 Å². The Morgan fingerprint density at radius 1 is 1.27 bits per heavy atom. The van der Waals surface area contributed by atoms with E-state index in [-0.39, 0.29) is 16.7 Å². The molecule has 0 amide bonds. The van der Waals surface area contributed by atoms with Crippen LogP contribution in [0.1, 0.15) is 18.0 Å². The summed E-state index contributed by atoms with van der Waals surface area (Å²) in [7, 11) is -0.625. The zero-order chi connectivity index (χ0) is 16.5. The van der Waals surface area contributed by atoms with Crippen LogP contribution in [-0.4, -0.2) is 46.5 Å². The van der Waals surface area contributed by atoms with Crippen LogP contribution in [0.4, 0.5) is 0 Å². The van der Waals surface area contributed by atoms with Gasteiger partial charge < -0.3 is 19.9 Å². The lowest BCUT2D eigenvalue weighted by Crippen LogP contribution is -2.17. The number of benzene rings is 1. The second-order valence-corrected chi connectivity index (χ2v) is 7.23. The molecule has 0 bridgehead atoms. The molecule has 1 aliphatic rings. The second-order valence-electron chi connectivity index (χ2n) is 5.25. The minimum absolute atomic E-state index is 0.0448. The third-order valence-corrected chi connectivity index (χ3v) is 4.89. The van der Waals surface area contributed by atoms with E-state index in [2.05, 4.69) is 5.32 Å². The zero-order valence-corrected chi connectivity index (χ0v) is 13.4. The fourth-order valence-electron chi connectivity index (χ4n) is 2.62. The molecule has 8 heteroatoms. The minimum Gasteiger partial charge on any atom is -0.496 e. The quantitative estimate of drug-likeness (QED) is 0.825. The number of carboxylic acid groups (broad SMARTS) is 1. The van der Waals surface area contributed by atoms with E-state index in [1.54, 1.807) is 6.07 Å². The fourth-order valence-corrected chi connectivity index (χ4v) is 3.44. The molecule has 0 spiro atoms. The molecule has 1 heterocycles.